The molecule has 86 valence electrons. The molecule has 1 N–H and O–H groups in total. The third-order valence-corrected chi connectivity index (χ3v) is 2.94. The second kappa shape index (κ2) is 4.70. The number of benzene rings is 1. The van der Waals surface area contributed by atoms with Crippen LogP contribution in [0.4, 0.5) is 8.78 Å². The standard InChI is InChI=1S/C12H13F2NO/c13-10-5-8(7-16)9(6-11(10)14)12-3-1-2-4-15-12/h5-7,12,15H,1-4H2. The van der Waals surface area contributed by atoms with Crippen molar-refractivity contribution in [3.8, 4) is 0 Å². The summed E-state index contributed by atoms with van der Waals surface area (Å²) in [4.78, 5) is 10.8. The maximum Gasteiger partial charge on any atom is 0.159 e. The van der Waals surface area contributed by atoms with E-state index in [9.17, 15) is 13.6 Å². The van der Waals surface area contributed by atoms with Crippen LogP contribution >= 0.6 is 0 Å². The highest BCUT2D eigenvalue weighted by Gasteiger charge is 2.19. The number of rotatable bonds is 2. The Morgan fingerprint density at radius 1 is 1.25 bits per heavy atom. The van der Waals surface area contributed by atoms with Gasteiger partial charge in [-0.3, -0.25) is 4.79 Å². The van der Waals surface area contributed by atoms with Crippen molar-refractivity contribution in [2.45, 2.75) is 25.3 Å². The number of carbonyl (C=O) groups excluding carboxylic acids is 1. The van der Waals surface area contributed by atoms with Crippen molar-refractivity contribution in [3.63, 3.8) is 0 Å². The fraction of sp³-hybridized carbons (Fsp3) is 0.417. The van der Waals surface area contributed by atoms with Crippen LogP contribution in [0.3, 0.4) is 0 Å². The molecule has 0 aliphatic carbocycles. The van der Waals surface area contributed by atoms with Gasteiger partial charge in [0.2, 0.25) is 0 Å². The number of hydrogen-bond acceptors (Lipinski definition) is 2. The lowest BCUT2D eigenvalue weighted by molar-refractivity contribution is 0.112. The number of aldehydes is 1. The van der Waals surface area contributed by atoms with Gasteiger partial charge in [-0.2, -0.15) is 0 Å². The molecule has 1 fully saturated rings. The van der Waals surface area contributed by atoms with Crippen LogP contribution in [0.25, 0.3) is 0 Å². The largest absolute Gasteiger partial charge is 0.310 e. The van der Waals surface area contributed by atoms with Crippen molar-refractivity contribution in [3.05, 3.63) is 34.9 Å². The normalized spacial score (nSPS) is 20.8. The Morgan fingerprint density at radius 2 is 2.00 bits per heavy atom. The first-order chi connectivity index (χ1) is 7.72. The maximum atomic E-state index is 13.1. The summed E-state index contributed by atoms with van der Waals surface area (Å²) in [6.45, 7) is 0.849. The van der Waals surface area contributed by atoms with E-state index in [1.807, 2.05) is 0 Å². The third kappa shape index (κ3) is 2.11. The van der Waals surface area contributed by atoms with E-state index in [4.69, 9.17) is 0 Å². The van der Waals surface area contributed by atoms with Gasteiger partial charge in [-0.25, -0.2) is 8.78 Å². The van der Waals surface area contributed by atoms with Crippen molar-refractivity contribution >= 4 is 6.29 Å². The number of nitrogens with one attached hydrogen (secondary N) is 1. The molecule has 0 aromatic heterocycles. The van der Waals surface area contributed by atoms with Crippen LogP contribution in [0.2, 0.25) is 0 Å². The number of carbonyl (C=O) groups is 1. The molecule has 0 spiro atoms. The van der Waals surface area contributed by atoms with Gasteiger partial charge < -0.3 is 5.32 Å². The van der Waals surface area contributed by atoms with Crippen molar-refractivity contribution in [1.82, 2.24) is 5.32 Å². The monoisotopic (exact) mass is 225 g/mol. The van der Waals surface area contributed by atoms with Gasteiger partial charge >= 0.3 is 0 Å². The molecule has 0 radical (unpaired) electrons. The fourth-order valence-electron chi connectivity index (χ4n) is 2.10. The molecule has 0 saturated carbocycles. The van der Waals surface area contributed by atoms with Crippen molar-refractivity contribution < 1.29 is 13.6 Å². The van der Waals surface area contributed by atoms with E-state index in [1.54, 1.807) is 0 Å². The maximum absolute atomic E-state index is 13.1. The Bertz CT molecular complexity index is 400. The number of hydrogen-bond donors (Lipinski definition) is 1. The Hall–Kier alpha value is -1.29. The summed E-state index contributed by atoms with van der Waals surface area (Å²) in [6, 6.07) is 2.06. The van der Waals surface area contributed by atoms with E-state index in [2.05, 4.69) is 5.32 Å². The molecule has 1 heterocycles. The zero-order chi connectivity index (χ0) is 11.5. The lowest BCUT2D eigenvalue weighted by Gasteiger charge is -2.25. The first-order valence-corrected chi connectivity index (χ1v) is 5.40. The zero-order valence-electron chi connectivity index (χ0n) is 8.80. The van der Waals surface area contributed by atoms with E-state index in [0.717, 1.165) is 37.9 Å². The smallest absolute Gasteiger partial charge is 0.159 e. The summed E-state index contributed by atoms with van der Waals surface area (Å²) >= 11 is 0. The van der Waals surface area contributed by atoms with Gasteiger partial charge in [0.15, 0.2) is 11.6 Å². The molecule has 1 aromatic rings. The van der Waals surface area contributed by atoms with E-state index in [0.29, 0.717) is 11.8 Å². The van der Waals surface area contributed by atoms with Gasteiger partial charge in [-0.05, 0) is 37.1 Å². The van der Waals surface area contributed by atoms with Crippen LogP contribution in [0.5, 0.6) is 0 Å². The fourth-order valence-corrected chi connectivity index (χ4v) is 2.10. The van der Waals surface area contributed by atoms with Gasteiger partial charge in [-0.1, -0.05) is 6.42 Å². The highest BCUT2D eigenvalue weighted by atomic mass is 19.2. The summed E-state index contributed by atoms with van der Waals surface area (Å²) in [5.74, 6) is -1.87. The molecule has 1 saturated heterocycles. The molecule has 0 bridgehead atoms. The van der Waals surface area contributed by atoms with Crippen LogP contribution in [-0.2, 0) is 0 Å². The van der Waals surface area contributed by atoms with Gasteiger partial charge in [0.05, 0.1) is 0 Å². The average molecular weight is 225 g/mol. The molecule has 4 heteroatoms. The Balaban J connectivity index is 2.37. The summed E-state index contributed by atoms with van der Waals surface area (Å²) in [5, 5.41) is 3.21. The highest BCUT2D eigenvalue weighted by molar-refractivity contribution is 5.77. The minimum Gasteiger partial charge on any atom is -0.310 e. The number of piperidine rings is 1. The Labute approximate surface area is 92.7 Å². The van der Waals surface area contributed by atoms with Crippen LogP contribution < -0.4 is 5.32 Å². The molecule has 16 heavy (non-hydrogen) atoms. The molecule has 1 aliphatic rings. The molecule has 1 atom stereocenters. The summed E-state index contributed by atoms with van der Waals surface area (Å²) in [7, 11) is 0. The zero-order valence-corrected chi connectivity index (χ0v) is 8.80. The summed E-state index contributed by atoms with van der Waals surface area (Å²) in [6.07, 6.45) is 3.55. The molecule has 0 amide bonds. The molecule has 2 rings (SSSR count). The quantitative estimate of drug-likeness (QED) is 0.784. The van der Waals surface area contributed by atoms with Crippen LogP contribution in [0, 0.1) is 11.6 Å². The molecular formula is C12H13F2NO. The minimum atomic E-state index is -0.971. The van der Waals surface area contributed by atoms with Gasteiger partial charge in [0.25, 0.3) is 0 Å². The lowest BCUT2D eigenvalue weighted by atomic mass is 9.94. The van der Waals surface area contributed by atoms with Crippen molar-refractivity contribution in [1.29, 1.82) is 0 Å². The Kier molecular flexibility index (Phi) is 3.29. The molecule has 1 aromatic carbocycles. The van der Waals surface area contributed by atoms with Crippen molar-refractivity contribution in [2.24, 2.45) is 0 Å². The SMILES string of the molecule is O=Cc1cc(F)c(F)cc1C1CCCCN1. The van der Waals surface area contributed by atoms with Crippen LogP contribution in [0.1, 0.15) is 41.2 Å². The molecule has 2 nitrogen and oxygen atoms in total. The number of halogens is 2. The van der Waals surface area contributed by atoms with E-state index in [1.165, 1.54) is 0 Å². The van der Waals surface area contributed by atoms with Crippen LogP contribution in [0.15, 0.2) is 12.1 Å². The van der Waals surface area contributed by atoms with Gasteiger partial charge in [-0.15, -0.1) is 0 Å². The van der Waals surface area contributed by atoms with E-state index < -0.39 is 11.6 Å². The predicted molar refractivity (Wildman–Crippen MR) is 56.3 cm³/mol. The average Bonchev–Trinajstić information content (AvgIpc) is 2.33. The summed E-state index contributed by atoms with van der Waals surface area (Å²) in [5.41, 5.74) is 0.798. The minimum absolute atomic E-state index is 0.0379. The molecule has 1 unspecified atom stereocenters. The summed E-state index contributed by atoms with van der Waals surface area (Å²) < 4.78 is 26.1. The van der Waals surface area contributed by atoms with Crippen LogP contribution in [-0.4, -0.2) is 12.8 Å². The predicted octanol–water partition coefficient (Wildman–Crippen LogP) is 2.59. The van der Waals surface area contributed by atoms with E-state index >= 15 is 0 Å². The van der Waals surface area contributed by atoms with Gasteiger partial charge in [0, 0.05) is 11.6 Å². The first kappa shape index (κ1) is 11.2. The molecule has 1 aliphatic heterocycles. The van der Waals surface area contributed by atoms with E-state index in [-0.39, 0.29) is 11.6 Å². The van der Waals surface area contributed by atoms with Crippen molar-refractivity contribution in [2.75, 3.05) is 6.54 Å². The molecular weight excluding hydrogens is 212 g/mol. The topological polar surface area (TPSA) is 29.1 Å². The second-order valence-corrected chi connectivity index (χ2v) is 4.02. The Morgan fingerprint density at radius 3 is 2.62 bits per heavy atom. The highest BCUT2D eigenvalue weighted by Crippen LogP contribution is 2.26. The lowest BCUT2D eigenvalue weighted by Crippen LogP contribution is -2.27. The second-order valence-electron chi connectivity index (χ2n) is 4.02. The third-order valence-electron chi connectivity index (χ3n) is 2.94. The first-order valence-electron chi connectivity index (χ1n) is 5.40. The van der Waals surface area contributed by atoms with Gasteiger partial charge in [0.1, 0.15) is 6.29 Å².